The summed E-state index contributed by atoms with van der Waals surface area (Å²) in [6.07, 6.45) is 0.919. The van der Waals surface area contributed by atoms with Crippen molar-refractivity contribution < 1.29 is 27.8 Å². The molecule has 1 aromatic heterocycles. The fourth-order valence-corrected chi connectivity index (χ4v) is 3.48. The molecule has 0 bridgehead atoms. The first-order valence-electron chi connectivity index (χ1n) is 11.2. The second-order valence-corrected chi connectivity index (χ2v) is 10.2. The molecule has 0 saturated carbocycles. The smallest absolute Gasteiger partial charge is 0.416 e. The lowest BCUT2D eigenvalue weighted by Gasteiger charge is -2.19. The summed E-state index contributed by atoms with van der Waals surface area (Å²) >= 11 is 0. The molecule has 33 heavy (non-hydrogen) atoms. The minimum absolute atomic E-state index is 0.0513. The SMILES string of the molecule is CC(C)(O)COc1ccc(C(F)(F)F)cc1/C=C/c1cc(C(C)(C)C)nn1C[C@H]1CCCO1. The van der Waals surface area contributed by atoms with Gasteiger partial charge in [-0.25, -0.2) is 0 Å². The second kappa shape index (κ2) is 9.50. The summed E-state index contributed by atoms with van der Waals surface area (Å²) in [5.41, 5.74) is -0.117. The van der Waals surface area contributed by atoms with E-state index in [-0.39, 0.29) is 29.4 Å². The van der Waals surface area contributed by atoms with Crippen molar-refractivity contribution in [3.8, 4) is 5.75 Å². The maximum atomic E-state index is 13.3. The number of hydrogen-bond acceptors (Lipinski definition) is 4. The van der Waals surface area contributed by atoms with Gasteiger partial charge in [-0.05, 0) is 63.1 Å². The Labute approximate surface area is 193 Å². The van der Waals surface area contributed by atoms with E-state index in [1.54, 1.807) is 26.0 Å². The third-order valence-electron chi connectivity index (χ3n) is 5.33. The summed E-state index contributed by atoms with van der Waals surface area (Å²) in [7, 11) is 0. The topological polar surface area (TPSA) is 56.5 Å². The number of halogens is 3. The number of nitrogens with zero attached hydrogens (tertiary/aromatic N) is 2. The van der Waals surface area contributed by atoms with Crippen LogP contribution in [-0.2, 0) is 22.9 Å². The van der Waals surface area contributed by atoms with Crippen LogP contribution in [-0.4, -0.2) is 39.8 Å². The predicted molar refractivity (Wildman–Crippen MR) is 122 cm³/mol. The third kappa shape index (κ3) is 7.08. The minimum atomic E-state index is -4.47. The van der Waals surface area contributed by atoms with E-state index >= 15 is 0 Å². The Morgan fingerprint density at radius 2 is 1.88 bits per heavy atom. The third-order valence-corrected chi connectivity index (χ3v) is 5.33. The maximum Gasteiger partial charge on any atom is 0.416 e. The standard InChI is InChI=1S/C25H33F3N2O3/c1-23(2,3)22-14-19(30(29-22)15-20-7-6-12-32-20)10-8-17-13-18(25(26,27)28)9-11-21(17)33-16-24(4,5)31/h8-11,13-14,20,31H,6-7,12,15-16H2,1-5H3/b10-8+/t20-/m1/s1. The Hall–Kier alpha value is -2.32. The van der Waals surface area contributed by atoms with Crippen molar-refractivity contribution in [2.24, 2.45) is 0 Å². The van der Waals surface area contributed by atoms with Gasteiger partial charge in [0.2, 0.25) is 0 Å². The van der Waals surface area contributed by atoms with Gasteiger partial charge in [0.1, 0.15) is 12.4 Å². The lowest BCUT2D eigenvalue weighted by molar-refractivity contribution is -0.137. The van der Waals surface area contributed by atoms with E-state index in [4.69, 9.17) is 14.6 Å². The summed E-state index contributed by atoms with van der Waals surface area (Å²) < 4.78 is 53.2. The molecular weight excluding hydrogens is 433 g/mol. The Kier molecular flexibility index (Phi) is 7.29. The Morgan fingerprint density at radius 3 is 2.45 bits per heavy atom. The molecule has 2 heterocycles. The molecule has 8 heteroatoms. The first kappa shape index (κ1) is 25.3. The van der Waals surface area contributed by atoms with Gasteiger partial charge in [-0.15, -0.1) is 0 Å². The van der Waals surface area contributed by atoms with Gasteiger partial charge in [-0.2, -0.15) is 18.3 Å². The van der Waals surface area contributed by atoms with Gasteiger partial charge < -0.3 is 14.6 Å². The molecule has 0 aliphatic carbocycles. The van der Waals surface area contributed by atoms with Crippen LogP contribution in [0.3, 0.4) is 0 Å². The predicted octanol–water partition coefficient (Wildman–Crippen LogP) is 5.70. The van der Waals surface area contributed by atoms with Crippen molar-refractivity contribution in [2.45, 2.75) is 77.3 Å². The van der Waals surface area contributed by atoms with Crippen LogP contribution in [0.25, 0.3) is 12.2 Å². The fourth-order valence-electron chi connectivity index (χ4n) is 3.48. The average molecular weight is 467 g/mol. The highest BCUT2D eigenvalue weighted by Crippen LogP contribution is 2.34. The number of aromatic nitrogens is 2. The van der Waals surface area contributed by atoms with Crippen LogP contribution < -0.4 is 4.74 Å². The molecule has 3 rings (SSSR count). The molecule has 5 nitrogen and oxygen atoms in total. The quantitative estimate of drug-likeness (QED) is 0.569. The minimum Gasteiger partial charge on any atom is -0.490 e. The molecule has 1 N–H and O–H groups in total. The monoisotopic (exact) mass is 466 g/mol. The van der Waals surface area contributed by atoms with E-state index in [0.717, 1.165) is 43.0 Å². The molecule has 1 aliphatic rings. The van der Waals surface area contributed by atoms with Crippen molar-refractivity contribution in [2.75, 3.05) is 13.2 Å². The van der Waals surface area contributed by atoms with Crippen LogP contribution in [0.4, 0.5) is 13.2 Å². The zero-order valence-electron chi connectivity index (χ0n) is 19.9. The number of benzene rings is 1. The molecule has 1 fully saturated rings. The highest BCUT2D eigenvalue weighted by atomic mass is 19.4. The molecule has 0 amide bonds. The zero-order chi connectivity index (χ0) is 24.4. The molecule has 2 aromatic rings. The van der Waals surface area contributed by atoms with Gasteiger partial charge in [-0.3, -0.25) is 4.68 Å². The lowest BCUT2D eigenvalue weighted by Crippen LogP contribution is -2.28. The average Bonchev–Trinajstić information content (AvgIpc) is 3.33. The van der Waals surface area contributed by atoms with Gasteiger partial charge in [-0.1, -0.05) is 20.8 Å². The van der Waals surface area contributed by atoms with Gasteiger partial charge in [0.05, 0.1) is 35.2 Å². The van der Waals surface area contributed by atoms with E-state index in [1.165, 1.54) is 6.07 Å². The number of alkyl halides is 3. The van der Waals surface area contributed by atoms with Crippen LogP contribution in [0.2, 0.25) is 0 Å². The molecule has 1 saturated heterocycles. The van der Waals surface area contributed by atoms with Crippen molar-refractivity contribution in [1.29, 1.82) is 0 Å². The first-order valence-corrected chi connectivity index (χ1v) is 11.2. The molecule has 1 atom stereocenters. The normalized spacial score (nSPS) is 17.8. The van der Waals surface area contributed by atoms with E-state index < -0.39 is 17.3 Å². The fraction of sp³-hybridized carbons (Fsp3) is 0.560. The molecule has 0 radical (unpaired) electrons. The molecule has 1 aliphatic heterocycles. The van der Waals surface area contributed by atoms with E-state index in [2.05, 4.69) is 20.8 Å². The molecule has 182 valence electrons. The molecule has 0 unspecified atom stereocenters. The van der Waals surface area contributed by atoms with Gasteiger partial charge in [0.25, 0.3) is 0 Å². The maximum absolute atomic E-state index is 13.3. The van der Waals surface area contributed by atoms with Crippen LogP contribution in [0, 0.1) is 0 Å². The van der Waals surface area contributed by atoms with Crippen molar-refractivity contribution in [3.05, 3.63) is 46.8 Å². The van der Waals surface area contributed by atoms with Crippen molar-refractivity contribution in [3.63, 3.8) is 0 Å². The van der Waals surface area contributed by atoms with Crippen LogP contribution in [0.5, 0.6) is 5.75 Å². The summed E-state index contributed by atoms with van der Waals surface area (Å²) in [5.74, 6) is 0.266. The van der Waals surface area contributed by atoms with Crippen LogP contribution in [0.1, 0.15) is 70.0 Å². The Bertz CT molecular complexity index is 976. The Balaban J connectivity index is 1.97. The van der Waals surface area contributed by atoms with Gasteiger partial charge in [0, 0.05) is 17.6 Å². The summed E-state index contributed by atoms with van der Waals surface area (Å²) in [5, 5.41) is 14.7. The van der Waals surface area contributed by atoms with E-state index in [1.807, 2.05) is 10.7 Å². The van der Waals surface area contributed by atoms with Gasteiger partial charge in [0.15, 0.2) is 0 Å². The number of aliphatic hydroxyl groups is 1. The van der Waals surface area contributed by atoms with E-state index in [9.17, 15) is 18.3 Å². The summed E-state index contributed by atoms with van der Waals surface area (Å²) in [4.78, 5) is 0. The lowest BCUT2D eigenvalue weighted by atomic mass is 9.92. The zero-order valence-corrected chi connectivity index (χ0v) is 19.9. The van der Waals surface area contributed by atoms with Crippen LogP contribution in [0.15, 0.2) is 24.3 Å². The second-order valence-electron chi connectivity index (χ2n) is 10.2. The molecular formula is C25H33F3N2O3. The van der Waals surface area contributed by atoms with Crippen molar-refractivity contribution >= 4 is 12.2 Å². The highest BCUT2D eigenvalue weighted by Gasteiger charge is 2.31. The first-order chi connectivity index (χ1) is 15.2. The van der Waals surface area contributed by atoms with Gasteiger partial charge >= 0.3 is 6.18 Å². The summed E-state index contributed by atoms with van der Waals surface area (Å²) in [6.45, 7) is 10.6. The summed E-state index contributed by atoms with van der Waals surface area (Å²) in [6, 6.07) is 5.28. The number of ether oxygens (including phenoxy) is 2. The molecule has 0 spiro atoms. The Morgan fingerprint density at radius 1 is 1.15 bits per heavy atom. The largest absolute Gasteiger partial charge is 0.490 e. The number of rotatable bonds is 7. The molecule has 1 aromatic carbocycles. The highest BCUT2D eigenvalue weighted by molar-refractivity contribution is 5.72. The van der Waals surface area contributed by atoms with E-state index in [0.29, 0.717) is 6.54 Å². The number of hydrogen-bond donors (Lipinski definition) is 1. The van der Waals surface area contributed by atoms with Crippen molar-refractivity contribution in [1.82, 2.24) is 9.78 Å². The van der Waals surface area contributed by atoms with Crippen LogP contribution >= 0.6 is 0 Å².